The standard InChI is InChI=1S/C13H23NO3/c1-6-11(15)14(13(3,4)5)9-8-10-17-12(16)7-2/h6H,1,7-10H2,2-5H3. The summed E-state index contributed by atoms with van der Waals surface area (Å²) < 4.78 is 4.96. The molecular weight excluding hydrogens is 218 g/mol. The van der Waals surface area contributed by atoms with Crippen molar-refractivity contribution < 1.29 is 14.3 Å². The Balaban J connectivity index is 4.15. The molecule has 0 saturated heterocycles. The van der Waals surface area contributed by atoms with Gasteiger partial charge in [-0.2, -0.15) is 0 Å². The van der Waals surface area contributed by atoms with E-state index in [9.17, 15) is 9.59 Å². The third-order valence-corrected chi connectivity index (χ3v) is 2.33. The number of ether oxygens (including phenoxy) is 1. The van der Waals surface area contributed by atoms with Gasteiger partial charge >= 0.3 is 5.97 Å². The van der Waals surface area contributed by atoms with E-state index in [0.717, 1.165) is 0 Å². The van der Waals surface area contributed by atoms with Crippen LogP contribution in [0.5, 0.6) is 0 Å². The molecule has 0 spiro atoms. The molecule has 4 heteroatoms. The van der Waals surface area contributed by atoms with E-state index >= 15 is 0 Å². The Morgan fingerprint density at radius 1 is 1.35 bits per heavy atom. The van der Waals surface area contributed by atoms with E-state index in [1.807, 2.05) is 20.8 Å². The minimum atomic E-state index is -0.250. The number of amides is 1. The van der Waals surface area contributed by atoms with E-state index in [1.165, 1.54) is 6.08 Å². The zero-order chi connectivity index (χ0) is 13.5. The van der Waals surface area contributed by atoms with Gasteiger partial charge in [-0.15, -0.1) is 0 Å². The summed E-state index contributed by atoms with van der Waals surface area (Å²) in [6.07, 6.45) is 2.33. The van der Waals surface area contributed by atoms with Crippen LogP contribution in [0.1, 0.15) is 40.5 Å². The lowest BCUT2D eigenvalue weighted by atomic mass is 10.1. The Morgan fingerprint density at radius 2 is 1.94 bits per heavy atom. The first-order chi connectivity index (χ1) is 7.82. The molecule has 0 saturated carbocycles. The molecular formula is C13H23NO3. The van der Waals surface area contributed by atoms with Crippen molar-refractivity contribution in [2.45, 2.75) is 46.1 Å². The normalized spacial score (nSPS) is 10.8. The van der Waals surface area contributed by atoms with Crippen LogP contribution in [0, 0.1) is 0 Å². The molecule has 0 bridgehead atoms. The molecule has 0 rings (SSSR count). The molecule has 98 valence electrons. The van der Waals surface area contributed by atoms with Crippen LogP contribution in [0.25, 0.3) is 0 Å². The summed E-state index contributed by atoms with van der Waals surface area (Å²) in [6, 6.07) is 0. The van der Waals surface area contributed by atoms with Gasteiger partial charge < -0.3 is 9.64 Å². The van der Waals surface area contributed by atoms with Crippen LogP contribution in [0.15, 0.2) is 12.7 Å². The van der Waals surface area contributed by atoms with Gasteiger partial charge in [0.15, 0.2) is 0 Å². The third-order valence-electron chi connectivity index (χ3n) is 2.33. The second-order valence-electron chi connectivity index (χ2n) is 4.79. The highest BCUT2D eigenvalue weighted by Crippen LogP contribution is 2.14. The first kappa shape index (κ1) is 15.7. The van der Waals surface area contributed by atoms with Gasteiger partial charge in [0.2, 0.25) is 5.91 Å². The van der Waals surface area contributed by atoms with E-state index in [-0.39, 0.29) is 17.4 Å². The van der Waals surface area contributed by atoms with Crippen LogP contribution in [0.3, 0.4) is 0 Å². The van der Waals surface area contributed by atoms with Gasteiger partial charge in [0, 0.05) is 18.5 Å². The molecule has 0 aromatic heterocycles. The van der Waals surface area contributed by atoms with Crippen LogP contribution in [-0.4, -0.2) is 35.5 Å². The monoisotopic (exact) mass is 241 g/mol. The summed E-state index contributed by atoms with van der Waals surface area (Å²) in [7, 11) is 0. The molecule has 4 nitrogen and oxygen atoms in total. The predicted octanol–water partition coefficient (Wildman–Crippen LogP) is 2.14. The average Bonchev–Trinajstić information content (AvgIpc) is 2.25. The summed E-state index contributed by atoms with van der Waals surface area (Å²) in [5.74, 6) is -0.304. The number of carbonyl (C=O) groups is 2. The fraction of sp³-hybridized carbons (Fsp3) is 0.692. The molecule has 0 atom stereocenters. The van der Waals surface area contributed by atoms with Gasteiger partial charge in [-0.25, -0.2) is 0 Å². The van der Waals surface area contributed by atoms with E-state index in [4.69, 9.17) is 4.74 Å². The van der Waals surface area contributed by atoms with E-state index in [2.05, 4.69) is 6.58 Å². The number of nitrogens with zero attached hydrogens (tertiary/aromatic N) is 1. The van der Waals surface area contributed by atoms with Crippen LogP contribution >= 0.6 is 0 Å². The third kappa shape index (κ3) is 6.09. The number of hydrogen-bond acceptors (Lipinski definition) is 3. The molecule has 0 radical (unpaired) electrons. The van der Waals surface area contributed by atoms with Crippen molar-refractivity contribution in [3.63, 3.8) is 0 Å². The quantitative estimate of drug-likeness (QED) is 0.406. The predicted molar refractivity (Wildman–Crippen MR) is 67.5 cm³/mol. The molecule has 0 aromatic carbocycles. The van der Waals surface area contributed by atoms with Gasteiger partial charge in [0.25, 0.3) is 0 Å². The highest BCUT2D eigenvalue weighted by atomic mass is 16.5. The molecule has 0 unspecified atom stereocenters. The first-order valence-corrected chi connectivity index (χ1v) is 5.92. The summed E-state index contributed by atoms with van der Waals surface area (Å²) in [6.45, 7) is 12.0. The Kier molecular flexibility index (Phi) is 6.54. The van der Waals surface area contributed by atoms with Gasteiger partial charge in [0.05, 0.1) is 6.61 Å². The maximum absolute atomic E-state index is 11.6. The number of esters is 1. The SMILES string of the molecule is C=CC(=O)N(CCCOC(=O)CC)C(C)(C)C. The Bertz CT molecular complexity index is 279. The summed E-state index contributed by atoms with van der Waals surface area (Å²) >= 11 is 0. The van der Waals surface area contributed by atoms with Crippen molar-refractivity contribution in [1.82, 2.24) is 4.90 Å². The van der Waals surface area contributed by atoms with Crippen LogP contribution in [-0.2, 0) is 14.3 Å². The van der Waals surface area contributed by atoms with Crippen molar-refractivity contribution in [3.8, 4) is 0 Å². The number of rotatable bonds is 6. The van der Waals surface area contributed by atoms with Crippen molar-refractivity contribution in [2.75, 3.05) is 13.2 Å². The van der Waals surface area contributed by atoms with E-state index in [0.29, 0.717) is 26.0 Å². The van der Waals surface area contributed by atoms with Crippen molar-refractivity contribution in [1.29, 1.82) is 0 Å². The first-order valence-electron chi connectivity index (χ1n) is 5.92. The van der Waals surface area contributed by atoms with Gasteiger partial charge in [-0.3, -0.25) is 9.59 Å². The van der Waals surface area contributed by atoms with Gasteiger partial charge in [0.1, 0.15) is 0 Å². The fourth-order valence-electron chi connectivity index (χ4n) is 1.40. The molecule has 0 aliphatic carbocycles. The fourth-order valence-corrected chi connectivity index (χ4v) is 1.40. The maximum Gasteiger partial charge on any atom is 0.305 e. The molecule has 17 heavy (non-hydrogen) atoms. The van der Waals surface area contributed by atoms with Crippen LogP contribution in [0.2, 0.25) is 0 Å². The van der Waals surface area contributed by atoms with Crippen LogP contribution in [0.4, 0.5) is 0 Å². The lowest BCUT2D eigenvalue weighted by Crippen LogP contribution is -2.45. The van der Waals surface area contributed by atoms with Crippen LogP contribution < -0.4 is 0 Å². The second-order valence-corrected chi connectivity index (χ2v) is 4.79. The summed E-state index contributed by atoms with van der Waals surface area (Å²) in [4.78, 5) is 24.3. The topological polar surface area (TPSA) is 46.6 Å². The van der Waals surface area contributed by atoms with E-state index < -0.39 is 0 Å². The number of hydrogen-bond donors (Lipinski definition) is 0. The zero-order valence-corrected chi connectivity index (χ0v) is 11.3. The largest absolute Gasteiger partial charge is 0.466 e. The smallest absolute Gasteiger partial charge is 0.305 e. The zero-order valence-electron chi connectivity index (χ0n) is 11.3. The Hall–Kier alpha value is -1.32. The maximum atomic E-state index is 11.6. The van der Waals surface area contributed by atoms with Crippen molar-refractivity contribution in [3.05, 3.63) is 12.7 Å². The molecule has 1 amide bonds. The van der Waals surface area contributed by atoms with Crippen molar-refractivity contribution >= 4 is 11.9 Å². The Labute approximate surface area is 104 Å². The lowest BCUT2D eigenvalue weighted by Gasteiger charge is -2.35. The van der Waals surface area contributed by atoms with Gasteiger partial charge in [-0.05, 0) is 33.3 Å². The molecule has 0 aliphatic heterocycles. The second kappa shape index (κ2) is 7.09. The summed E-state index contributed by atoms with van der Waals surface area (Å²) in [5.41, 5.74) is -0.250. The molecule has 0 fully saturated rings. The molecule has 0 aliphatic rings. The number of carbonyl (C=O) groups excluding carboxylic acids is 2. The molecule has 0 N–H and O–H groups in total. The summed E-state index contributed by atoms with van der Waals surface area (Å²) in [5, 5.41) is 0. The average molecular weight is 241 g/mol. The lowest BCUT2D eigenvalue weighted by molar-refractivity contribution is -0.143. The minimum absolute atomic E-state index is 0.0979. The Morgan fingerprint density at radius 3 is 2.35 bits per heavy atom. The van der Waals surface area contributed by atoms with Crippen molar-refractivity contribution in [2.24, 2.45) is 0 Å². The highest BCUT2D eigenvalue weighted by molar-refractivity contribution is 5.87. The van der Waals surface area contributed by atoms with Gasteiger partial charge in [-0.1, -0.05) is 13.5 Å². The molecule has 0 heterocycles. The molecule has 0 aromatic rings. The minimum Gasteiger partial charge on any atom is -0.466 e. The highest BCUT2D eigenvalue weighted by Gasteiger charge is 2.23. The van der Waals surface area contributed by atoms with E-state index in [1.54, 1.807) is 11.8 Å².